The largest absolute Gasteiger partial charge is 0.507 e. The van der Waals surface area contributed by atoms with Crippen molar-refractivity contribution in [1.82, 2.24) is 19.9 Å². The van der Waals surface area contributed by atoms with Crippen LogP contribution in [0, 0.1) is 0 Å². The second-order valence-electron chi connectivity index (χ2n) is 9.54. The van der Waals surface area contributed by atoms with Gasteiger partial charge in [-0.15, -0.1) is 0 Å². The normalized spacial score (nSPS) is 11.1. The van der Waals surface area contributed by atoms with Crippen molar-refractivity contribution in [2.24, 2.45) is 0 Å². The third kappa shape index (κ3) is 5.39. The van der Waals surface area contributed by atoms with Gasteiger partial charge in [0.25, 0.3) is 0 Å². The molecule has 0 unspecified atom stereocenters. The molecule has 0 aliphatic heterocycles. The van der Waals surface area contributed by atoms with E-state index in [1.54, 1.807) is 22.8 Å². The van der Waals surface area contributed by atoms with E-state index in [1.165, 1.54) is 0 Å². The number of amides is 1. The van der Waals surface area contributed by atoms with Gasteiger partial charge < -0.3 is 15.7 Å². The van der Waals surface area contributed by atoms with Gasteiger partial charge >= 0.3 is 0 Å². The highest BCUT2D eigenvalue weighted by Crippen LogP contribution is 2.31. The van der Waals surface area contributed by atoms with Crippen LogP contribution in [0.5, 0.6) is 5.75 Å². The van der Waals surface area contributed by atoms with Crippen molar-refractivity contribution in [1.29, 1.82) is 0 Å². The molecule has 0 saturated heterocycles. The molecule has 0 aliphatic rings. The molecule has 2 aromatic heterocycles. The number of hydrogen-bond donors (Lipinski definition) is 3. The van der Waals surface area contributed by atoms with Gasteiger partial charge in [0.15, 0.2) is 5.65 Å². The van der Waals surface area contributed by atoms with Gasteiger partial charge in [-0.05, 0) is 55.5 Å². The summed E-state index contributed by atoms with van der Waals surface area (Å²) < 4.78 is 2.49. The first-order valence-corrected chi connectivity index (χ1v) is 13.7. The Morgan fingerprint density at radius 1 is 0.875 bits per heavy atom. The van der Waals surface area contributed by atoms with Crippen molar-refractivity contribution in [3.8, 4) is 17.0 Å². The number of carbonyl (C=O) groups is 1. The minimum atomic E-state index is -0.0139. The van der Waals surface area contributed by atoms with Gasteiger partial charge in [-0.2, -0.15) is 9.61 Å². The predicted octanol–water partition coefficient (Wildman–Crippen LogP) is 6.49. The molecule has 0 saturated carbocycles. The Bertz CT molecular complexity index is 1840. The van der Waals surface area contributed by atoms with E-state index in [2.05, 4.69) is 55.9 Å². The molecule has 4 aromatic carbocycles. The molecule has 0 bridgehead atoms. The average molecular weight is 592 g/mol. The van der Waals surface area contributed by atoms with Crippen LogP contribution in [-0.4, -0.2) is 25.6 Å². The molecule has 1 amide bonds. The Labute approximate surface area is 239 Å². The number of rotatable bonds is 8. The maximum atomic E-state index is 12.8. The van der Waals surface area contributed by atoms with Crippen LogP contribution >= 0.6 is 15.9 Å². The molecule has 6 rings (SSSR count). The zero-order valence-corrected chi connectivity index (χ0v) is 23.1. The van der Waals surface area contributed by atoms with Crippen molar-refractivity contribution >= 4 is 44.1 Å². The second kappa shape index (κ2) is 11.2. The van der Waals surface area contributed by atoms with Gasteiger partial charge in [-0.3, -0.25) is 4.79 Å². The number of benzene rings is 4. The Hall–Kier alpha value is -4.69. The number of aromatic nitrogens is 3. The summed E-state index contributed by atoms with van der Waals surface area (Å²) in [6, 6.07) is 31.3. The maximum absolute atomic E-state index is 12.8. The molecule has 6 aromatic rings. The summed E-state index contributed by atoms with van der Waals surface area (Å²) >= 11 is 3.52. The fraction of sp³-hybridized carbons (Fsp3) is 0.0938. The number of nitrogens with zero attached hydrogens (tertiary/aromatic N) is 3. The number of phenolic OH excluding ortho intramolecular Hbond substituents is 1. The van der Waals surface area contributed by atoms with Crippen LogP contribution in [0.3, 0.4) is 0 Å². The van der Waals surface area contributed by atoms with Gasteiger partial charge in [-0.1, -0.05) is 78.9 Å². The van der Waals surface area contributed by atoms with Gasteiger partial charge in [0.05, 0.1) is 22.8 Å². The van der Waals surface area contributed by atoms with E-state index in [4.69, 9.17) is 4.98 Å². The highest BCUT2D eigenvalue weighted by molar-refractivity contribution is 9.10. The SMILES string of the molecule is O=C(Cc1cccc2ccccc12)NCc1cccc(CNc2cc(-c3ccccc3O)nc3c(Br)cnn23)c1. The first kappa shape index (κ1) is 25.6. The lowest BCUT2D eigenvalue weighted by atomic mass is 10.0. The average Bonchev–Trinajstić information content (AvgIpc) is 3.36. The topological polar surface area (TPSA) is 91.5 Å². The highest BCUT2D eigenvalue weighted by atomic mass is 79.9. The standard InChI is InChI=1S/C32H26BrN5O2/c33-27-20-36-38-30(17-28(37-32(27)38)26-13-3-4-14-29(26)39)34-18-21-7-5-8-22(15-21)19-35-31(40)16-24-11-6-10-23-9-1-2-12-25(23)24/h1-15,17,20,34,39H,16,18-19H2,(H,35,40). The highest BCUT2D eigenvalue weighted by Gasteiger charge is 2.14. The monoisotopic (exact) mass is 591 g/mol. The molecule has 3 N–H and O–H groups in total. The number of para-hydroxylation sites is 1. The number of phenols is 1. The Morgan fingerprint density at radius 2 is 1.62 bits per heavy atom. The van der Waals surface area contributed by atoms with Gasteiger partial charge in [-0.25, -0.2) is 4.98 Å². The zero-order chi connectivity index (χ0) is 27.5. The van der Waals surface area contributed by atoms with Gasteiger partial charge in [0.2, 0.25) is 5.91 Å². The molecule has 40 heavy (non-hydrogen) atoms. The van der Waals surface area contributed by atoms with Crippen LogP contribution in [0.15, 0.2) is 108 Å². The third-order valence-electron chi connectivity index (χ3n) is 6.79. The van der Waals surface area contributed by atoms with Crippen molar-refractivity contribution in [2.75, 3.05) is 5.32 Å². The van der Waals surface area contributed by atoms with Crippen LogP contribution in [-0.2, 0) is 24.3 Å². The number of hydrogen-bond acceptors (Lipinski definition) is 5. The van der Waals surface area contributed by atoms with Crippen LogP contribution in [0.25, 0.3) is 27.7 Å². The minimum absolute atomic E-state index is 0.0139. The fourth-order valence-corrected chi connectivity index (χ4v) is 5.16. The summed E-state index contributed by atoms with van der Waals surface area (Å²) in [5.41, 5.74) is 5.01. The zero-order valence-electron chi connectivity index (χ0n) is 21.5. The summed E-state index contributed by atoms with van der Waals surface area (Å²) in [4.78, 5) is 17.5. The summed E-state index contributed by atoms with van der Waals surface area (Å²) in [7, 11) is 0. The number of carbonyl (C=O) groups excluding carboxylic acids is 1. The second-order valence-corrected chi connectivity index (χ2v) is 10.4. The summed E-state index contributed by atoms with van der Waals surface area (Å²) in [5, 5.41) is 23.6. The molecule has 8 heteroatoms. The van der Waals surface area contributed by atoms with E-state index < -0.39 is 0 Å². The van der Waals surface area contributed by atoms with Crippen molar-refractivity contribution in [3.63, 3.8) is 0 Å². The van der Waals surface area contributed by atoms with E-state index in [1.807, 2.05) is 60.7 Å². The Morgan fingerprint density at radius 3 is 2.50 bits per heavy atom. The van der Waals surface area contributed by atoms with E-state index in [9.17, 15) is 9.90 Å². The molecular formula is C32H26BrN5O2. The first-order valence-electron chi connectivity index (χ1n) is 12.9. The van der Waals surface area contributed by atoms with Gasteiger partial charge in [0, 0.05) is 24.7 Å². The van der Waals surface area contributed by atoms with Crippen LogP contribution < -0.4 is 10.6 Å². The molecule has 0 atom stereocenters. The number of aromatic hydroxyl groups is 1. The summed E-state index contributed by atoms with van der Waals surface area (Å²) in [5.74, 6) is 0.888. The maximum Gasteiger partial charge on any atom is 0.224 e. The Balaban J connectivity index is 1.15. The number of anilines is 1. The lowest BCUT2D eigenvalue weighted by Gasteiger charge is -2.13. The molecule has 0 fully saturated rings. The number of nitrogens with one attached hydrogen (secondary N) is 2. The number of fused-ring (bicyclic) bond motifs is 2. The summed E-state index contributed by atoms with van der Waals surface area (Å²) in [6.07, 6.45) is 2.03. The van der Waals surface area contributed by atoms with Crippen molar-refractivity contribution in [2.45, 2.75) is 19.5 Å². The number of halogens is 1. The van der Waals surface area contributed by atoms with Crippen molar-refractivity contribution in [3.05, 3.63) is 124 Å². The molecule has 2 heterocycles. The van der Waals surface area contributed by atoms with Crippen molar-refractivity contribution < 1.29 is 9.90 Å². The molecular weight excluding hydrogens is 566 g/mol. The molecule has 0 radical (unpaired) electrons. The van der Waals surface area contributed by atoms with Crippen LogP contribution in [0.2, 0.25) is 0 Å². The smallest absolute Gasteiger partial charge is 0.224 e. The predicted molar refractivity (Wildman–Crippen MR) is 161 cm³/mol. The van der Waals surface area contributed by atoms with Crippen LogP contribution in [0.4, 0.5) is 5.82 Å². The first-order chi connectivity index (χ1) is 19.5. The Kier molecular flexibility index (Phi) is 7.16. The minimum Gasteiger partial charge on any atom is -0.507 e. The fourth-order valence-electron chi connectivity index (χ4n) is 4.82. The van der Waals surface area contributed by atoms with Gasteiger partial charge in [0.1, 0.15) is 11.6 Å². The molecule has 0 spiro atoms. The van der Waals surface area contributed by atoms with E-state index >= 15 is 0 Å². The molecule has 198 valence electrons. The van der Waals surface area contributed by atoms with E-state index in [0.29, 0.717) is 36.4 Å². The third-order valence-corrected chi connectivity index (χ3v) is 7.35. The molecule has 7 nitrogen and oxygen atoms in total. The van der Waals surface area contributed by atoms with Crippen LogP contribution in [0.1, 0.15) is 16.7 Å². The summed E-state index contributed by atoms with van der Waals surface area (Å²) in [6.45, 7) is 0.981. The molecule has 0 aliphatic carbocycles. The lowest BCUT2D eigenvalue weighted by molar-refractivity contribution is -0.120. The lowest BCUT2D eigenvalue weighted by Crippen LogP contribution is -2.24. The van der Waals surface area contributed by atoms with E-state index in [-0.39, 0.29) is 11.7 Å². The quantitative estimate of drug-likeness (QED) is 0.188. The van der Waals surface area contributed by atoms with E-state index in [0.717, 1.165) is 37.8 Å².